The molecule has 0 radical (unpaired) electrons. The van der Waals surface area contributed by atoms with Crippen LogP contribution in [0.1, 0.15) is 43.2 Å². The molecule has 2 aromatic rings. The number of hydrogen-bond acceptors (Lipinski definition) is 2. The summed E-state index contributed by atoms with van der Waals surface area (Å²) in [5, 5.41) is 0. The van der Waals surface area contributed by atoms with Crippen molar-refractivity contribution in [1.82, 2.24) is 4.90 Å². The molecule has 0 aliphatic carbocycles. The standard InChI is InChI=1S/C25H33NO/c1-4-11-23(12-5-1)13-10-17-25(24-14-6-2-7-15-24)16-8-3-9-18-26-19-21-27-22-20-26/h1-2,4-7,11-12,14-16H,3,8-10,13,17-22H2/b25-16-. The van der Waals surface area contributed by atoms with Gasteiger partial charge in [-0.3, -0.25) is 4.90 Å². The van der Waals surface area contributed by atoms with Crippen LogP contribution < -0.4 is 0 Å². The van der Waals surface area contributed by atoms with E-state index in [1.165, 1.54) is 48.9 Å². The lowest BCUT2D eigenvalue weighted by molar-refractivity contribution is 0.0372. The van der Waals surface area contributed by atoms with Gasteiger partial charge in [0.25, 0.3) is 0 Å². The molecule has 0 N–H and O–H groups in total. The molecule has 0 bridgehead atoms. The van der Waals surface area contributed by atoms with Gasteiger partial charge in [0.15, 0.2) is 0 Å². The molecule has 1 aliphatic rings. The number of rotatable bonds is 10. The third-order valence-corrected chi connectivity index (χ3v) is 5.32. The van der Waals surface area contributed by atoms with Gasteiger partial charge < -0.3 is 4.74 Å². The summed E-state index contributed by atoms with van der Waals surface area (Å²) >= 11 is 0. The molecule has 3 rings (SSSR count). The van der Waals surface area contributed by atoms with Crippen molar-refractivity contribution in [3.05, 3.63) is 77.9 Å². The minimum atomic E-state index is 0.902. The zero-order valence-electron chi connectivity index (χ0n) is 16.5. The number of morpholine rings is 1. The Bertz CT molecular complexity index is 659. The van der Waals surface area contributed by atoms with Crippen molar-refractivity contribution < 1.29 is 4.74 Å². The molecular weight excluding hydrogens is 330 g/mol. The van der Waals surface area contributed by atoms with Crippen LogP contribution in [0.25, 0.3) is 5.57 Å². The van der Waals surface area contributed by atoms with Gasteiger partial charge in [-0.1, -0.05) is 66.7 Å². The van der Waals surface area contributed by atoms with Crippen molar-refractivity contribution in [2.24, 2.45) is 0 Å². The first-order valence-corrected chi connectivity index (χ1v) is 10.5. The predicted molar refractivity (Wildman–Crippen MR) is 115 cm³/mol. The Labute approximate surface area is 164 Å². The average molecular weight is 364 g/mol. The normalized spacial score (nSPS) is 15.8. The smallest absolute Gasteiger partial charge is 0.0594 e. The summed E-state index contributed by atoms with van der Waals surface area (Å²) in [6, 6.07) is 21.7. The third kappa shape index (κ3) is 7.32. The zero-order chi connectivity index (χ0) is 18.6. The van der Waals surface area contributed by atoms with Crippen molar-refractivity contribution in [1.29, 1.82) is 0 Å². The van der Waals surface area contributed by atoms with E-state index in [1.807, 2.05) is 0 Å². The highest BCUT2D eigenvalue weighted by Gasteiger charge is 2.09. The van der Waals surface area contributed by atoms with Crippen LogP contribution in [0.2, 0.25) is 0 Å². The summed E-state index contributed by atoms with van der Waals surface area (Å²) in [6.45, 7) is 5.22. The molecule has 0 atom stereocenters. The number of ether oxygens (including phenoxy) is 1. The van der Waals surface area contributed by atoms with Gasteiger partial charge in [-0.15, -0.1) is 0 Å². The average Bonchev–Trinajstić information content (AvgIpc) is 2.74. The van der Waals surface area contributed by atoms with E-state index in [4.69, 9.17) is 4.74 Å². The molecule has 2 aromatic carbocycles. The SMILES string of the molecule is C(/CCCCN1CCOCC1)=C(\CCCc1ccccc1)c1ccccc1. The van der Waals surface area contributed by atoms with E-state index < -0.39 is 0 Å². The number of hydrogen-bond donors (Lipinski definition) is 0. The Morgan fingerprint density at radius 3 is 2.30 bits per heavy atom. The van der Waals surface area contributed by atoms with Gasteiger partial charge in [0.1, 0.15) is 0 Å². The Balaban J connectivity index is 1.46. The molecule has 0 spiro atoms. The van der Waals surface area contributed by atoms with Crippen molar-refractivity contribution in [2.75, 3.05) is 32.8 Å². The lowest BCUT2D eigenvalue weighted by Gasteiger charge is -2.26. The van der Waals surface area contributed by atoms with Gasteiger partial charge in [-0.25, -0.2) is 0 Å². The van der Waals surface area contributed by atoms with Crippen molar-refractivity contribution in [3.63, 3.8) is 0 Å². The number of unbranched alkanes of at least 4 members (excludes halogenated alkanes) is 2. The molecule has 144 valence electrons. The Morgan fingerprint density at radius 2 is 1.56 bits per heavy atom. The summed E-state index contributed by atoms with van der Waals surface area (Å²) in [5.41, 5.74) is 4.34. The molecule has 1 fully saturated rings. The highest BCUT2D eigenvalue weighted by atomic mass is 16.5. The van der Waals surface area contributed by atoms with Crippen LogP contribution in [-0.2, 0) is 11.2 Å². The molecule has 0 amide bonds. The predicted octanol–water partition coefficient (Wildman–Crippen LogP) is 5.60. The fraction of sp³-hybridized carbons (Fsp3) is 0.440. The molecule has 2 nitrogen and oxygen atoms in total. The van der Waals surface area contributed by atoms with Crippen LogP contribution in [0.3, 0.4) is 0 Å². The monoisotopic (exact) mass is 363 g/mol. The highest BCUT2D eigenvalue weighted by molar-refractivity contribution is 5.65. The van der Waals surface area contributed by atoms with Crippen molar-refractivity contribution in [3.8, 4) is 0 Å². The molecule has 2 heteroatoms. The maximum atomic E-state index is 5.43. The quantitative estimate of drug-likeness (QED) is 0.510. The first-order valence-electron chi connectivity index (χ1n) is 10.5. The van der Waals surface area contributed by atoms with Crippen LogP contribution >= 0.6 is 0 Å². The summed E-state index contributed by atoms with van der Waals surface area (Å²) in [6.07, 6.45) is 9.73. The van der Waals surface area contributed by atoms with Crippen LogP contribution in [-0.4, -0.2) is 37.7 Å². The van der Waals surface area contributed by atoms with Gasteiger partial charge in [-0.05, 0) is 61.8 Å². The van der Waals surface area contributed by atoms with E-state index >= 15 is 0 Å². The first kappa shape index (κ1) is 19.9. The van der Waals surface area contributed by atoms with Crippen LogP contribution in [0.5, 0.6) is 0 Å². The third-order valence-electron chi connectivity index (χ3n) is 5.32. The van der Waals surface area contributed by atoms with Gasteiger partial charge >= 0.3 is 0 Å². The van der Waals surface area contributed by atoms with Gasteiger partial charge in [0, 0.05) is 13.1 Å². The van der Waals surface area contributed by atoms with Gasteiger partial charge in [0.2, 0.25) is 0 Å². The van der Waals surface area contributed by atoms with Crippen LogP contribution in [0.4, 0.5) is 0 Å². The fourth-order valence-electron chi connectivity index (χ4n) is 3.72. The minimum Gasteiger partial charge on any atom is -0.379 e. The van der Waals surface area contributed by atoms with E-state index in [0.717, 1.165) is 39.1 Å². The van der Waals surface area contributed by atoms with Crippen molar-refractivity contribution in [2.45, 2.75) is 38.5 Å². The molecule has 1 heterocycles. The number of benzene rings is 2. The number of nitrogens with zero attached hydrogens (tertiary/aromatic N) is 1. The second kappa shape index (κ2) is 11.7. The van der Waals surface area contributed by atoms with E-state index in [-0.39, 0.29) is 0 Å². The molecule has 0 saturated carbocycles. The maximum absolute atomic E-state index is 5.43. The molecule has 1 aliphatic heterocycles. The van der Waals surface area contributed by atoms with E-state index in [0.29, 0.717) is 0 Å². The number of aryl methyl sites for hydroxylation is 1. The second-order valence-electron chi connectivity index (χ2n) is 7.38. The lowest BCUT2D eigenvalue weighted by atomic mass is 9.97. The molecule has 1 saturated heterocycles. The Kier molecular flexibility index (Phi) is 8.63. The Morgan fingerprint density at radius 1 is 0.852 bits per heavy atom. The topological polar surface area (TPSA) is 12.5 Å². The number of allylic oxidation sites excluding steroid dienone is 2. The summed E-state index contributed by atoms with van der Waals surface area (Å²) < 4.78 is 5.43. The van der Waals surface area contributed by atoms with E-state index in [1.54, 1.807) is 0 Å². The second-order valence-corrected chi connectivity index (χ2v) is 7.38. The Hall–Kier alpha value is -1.90. The van der Waals surface area contributed by atoms with Gasteiger partial charge in [0.05, 0.1) is 13.2 Å². The summed E-state index contributed by atoms with van der Waals surface area (Å²) in [7, 11) is 0. The van der Waals surface area contributed by atoms with Gasteiger partial charge in [-0.2, -0.15) is 0 Å². The molecule has 0 unspecified atom stereocenters. The summed E-state index contributed by atoms with van der Waals surface area (Å²) in [4.78, 5) is 2.53. The zero-order valence-corrected chi connectivity index (χ0v) is 16.5. The van der Waals surface area contributed by atoms with Crippen molar-refractivity contribution >= 4 is 5.57 Å². The lowest BCUT2D eigenvalue weighted by Crippen LogP contribution is -2.36. The molecule has 0 aromatic heterocycles. The first-order chi connectivity index (χ1) is 13.4. The van der Waals surface area contributed by atoms with Crippen LogP contribution in [0, 0.1) is 0 Å². The van der Waals surface area contributed by atoms with E-state index in [9.17, 15) is 0 Å². The minimum absolute atomic E-state index is 0.902. The maximum Gasteiger partial charge on any atom is 0.0594 e. The summed E-state index contributed by atoms with van der Waals surface area (Å²) in [5.74, 6) is 0. The fourth-order valence-corrected chi connectivity index (χ4v) is 3.72. The molecular formula is C25H33NO. The highest BCUT2D eigenvalue weighted by Crippen LogP contribution is 2.22. The van der Waals surface area contributed by atoms with Crippen LogP contribution in [0.15, 0.2) is 66.7 Å². The molecule has 27 heavy (non-hydrogen) atoms. The van der Waals surface area contributed by atoms with E-state index in [2.05, 4.69) is 71.6 Å². The largest absolute Gasteiger partial charge is 0.379 e.